The molecule has 0 saturated heterocycles. The van der Waals surface area contributed by atoms with Gasteiger partial charge in [-0.1, -0.05) is 57.2 Å². The predicted molar refractivity (Wildman–Crippen MR) is 109 cm³/mol. The molecule has 25 heavy (non-hydrogen) atoms. The Hall–Kier alpha value is -0.900. The molecule has 1 rings (SSSR count). The van der Waals surface area contributed by atoms with Crippen LogP contribution in [0.3, 0.4) is 0 Å². The molecule has 0 spiro atoms. The van der Waals surface area contributed by atoms with Gasteiger partial charge in [-0.3, -0.25) is 0 Å². The first-order valence-electron chi connectivity index (χ1n) is 10.2. The van der Waals surface area contributed by atoms with Crippen LogP contribution < -0.4 is 11.5 Å². The van der Waals surface area contributed by atoms with Crippen LogP contribution in [0.15, 0.2) is 18.2 Å². The summed E-state index contributed by atoms with van der Waals surface area (Å²) in [6.45, 7) is 5.13. The first kappa shape index (κ1) is 22.1. The second kappa shape index (κ2) is 12.5. The molecule has 5 N–H and O–H groups in total. The van der Waals surface area contributed by atoms with Crippen LogP contribution in [0.1, 0.15) is 81.9 Å². The van der Waals surface area contributed by atoms with E-state index in [1.165, 1.54) is 61.6 Å². The summed E-state index contributed by atoms with van der Waals surface area (Å²) in [5.41, 5.74) is 16.0. The summed E-state index contributed by atoms with van der Waals surface area (Å²) >= 11 is 0. The molecule has 0 aliphatic carbocycles. The largest absolute Gasteiger partial charge is 0.396 e. The van der Waals surface area contributed by atoms with Gasteiger partial charge in [0.25, 0.3) is 0 Å². The van der Waals surface area contributed by atoms with Gasteiger partial charge in [0.2, 0.25) is 0 Å². The molecule has 0 amide bonds. The van der Waals surface area contributed by atoms with Gasteiger partial charge in [-0.2, -0.15) is 0 Å². The van der Waals surface area contributed by atoms with Crippen LogP contribution in [0.25, 0.3) is 0 Å². The molecule has 0 aliphatic heterocycles. The van der Waals surface area contributed by atoms with Crippen molar-refractivity contribution in [2.24, 2.45) is 11.5 Å². The van der Waals surface area contributed by atoms with Gasteiger partial charge in [-0.25, -0.2) is 0 Å². The molecule has 3 heteroatoms. The van der Waals surface area contributed by atoms with Crippen molar-refractivity contribution < 1.29 is 5.11 Å². The van der Waals surface area contributed by atoms with E-state index in [4.69, 9.17) is 16.6 Å². The average Bonchev–Trinajstić information content (AvgIpc) is 2.57. The van der Waals surface area contributed by atoms with Gasteiger partial charge in [-0.15, -0.1) is 0 Å². The third-order valence-corrected chi connectivity index (χ3v) is 5.15. The molecule has 0 aromatic heterocycles. The van der Waals surface area contributed by atoms with Crippen molar-refractivity contribution in [1.29, 1.82) is 0 Å². The van der Waals surface area contributed by atoms with E-state index in [0.29, 0.717) is 13.0 Å². The van der Waals surface area contributed by atoms with Crippen molar-refractivity contribution in [3.63, 3.8) is 0 Å². The highest BCUT2D eigenvalue weighted by Gasteiger charge is 2.18. The van der Waals surface area contributed by atoms with Gasteiger partial charge in [0.05, 0.1) is 0 Å². The summed E-state index contributed by atoms with van der Waals surface area (Å²) < 4.78 is 0. The number of benzene rings is 1. The second-order valence-corrected chi connectivity index (χ2v) is 7.79. The molecular formula is C22H40N2O. The van der Waals surface area contributed by atoms with Crippen molar-refractivity contribution in [3.05, 3.63) is 34.9 Å². The van der Waals surface area contributed by atoms with E-state index in [-0.39, 0.29) is 12.1 Å². The number of aryl methyl sites for hydroxylation is 2. The first-order valence-corrected chi connectivity index (χ1v) is 10.2. The molecule has 1 aromatic rings. The van der Waals surface area contributed by atoms with E-state index in [2.05, 4.69) is 25.1 Å². The van der Waals surface area contributed by atoms with Crippen molar-refractivity contribution in [2.75, 3.05) is 13.2 Å². The van der Waals surface area contributed by atoms with Crippen molar-refractivity contribution >= 4 is 0 Å². The van der Waals surface area contributed by atoms with Crippen LogP contribution in [0.4, 0.5) is 0 Å². The van der Waals surface area contributed by atoms with Crippen LogP contribution in [0, 0.1) is 0 Å². The Morgan fingerprint density at radius 1 is 0.920 bits per heavy atom. The molecule has 0 saturated carbocycles. The van der Waals surface area contributed by atoms with Crippen molar-refractivity contribution in [2.45, 2.75) is 90.0 Å². The van der Waals surface area contributed by atoms with Crippen LogP contribution in [0.2, 0.25) is 0 Å². The van der Waals surface area contributed by atoms with E-state index in [0.717, 1.165) is 19.3 Å². The van der Waals surface area contributed by atoms with Crippen LogP contribution in [0.5, 0.6) is 0 Å². The van der Waals surface area contributed by atoms with Gasteiger partial charge >= 0.3 is 0 Å². The Bertz CT molecular complexity index is 471. The summed E-state index contributed by atoms with van der Waals surface area (Å²) in [6.07, 6.45) is 12.6. The molecule has 1 atom stereocenters. The Balaban J connectivity index is 2.56. The van der Waals surface area contributed by atoms with Crippen molar-refractivity contribution in [1.82, 2.24) is 0 Å². The number of hydrogen-bond acceptors (Lipinski definition) is 3. The Kier molecular flexibility index (Phi) is 11.0. The Labute approximate surface area is 155 Å². The van der Waals surface area contributed by atoms with E-state index in [1.807, 2.05) is 6.92 Å². The number of hydrogen-bond donors (Lipinski definition) is 3. The second-order valence-electron chi connectivity index (χ2n) is 7.79. The highest BCUT2D eigenvalue weighted by Crippen LogP contribution is 2.20. The first-order chi connectivity index (χ1) is 12.0. The van der Waals surface area contributed by atoms with E-state index in [1.54, 1.807) is 0 Å². The number of aliphatic hydroxyl groups is 1. The molecule has 0 unspecified atom stereocenters. The van der Waals surface area contributed by atoms with Gasteiger partial charge in [0.15, 0.2) is 0 Å². The minimum atomic E-state index is -0.300. The highest BCUT2D eigenvalue weighted by atomic mass is 16.3. The SMILES string of the molecule is CCCCCCCCc1ccc(CC[C@@](C)(N)CCO)c(CCN)c1. The summed E-state index contributed by atoms with van der Waals surface area (Å²) in [5, 5.41) is 9.13. The summed E-state index contributed by atoms with van der Waals surface area (Å²) in [4.78, 5) is 0. The third-order valence-electron chi connectivity index (χ3n) is 5.15. The number of unbranched alkanes of at least 4 members (excludes halogenated alkanes) is 5. The third kappa shape index (κ3) is 9.39. The standard InChI is InChI=1S/C22H40N2O/c1-3-4-5-6-7-8-9-19-10-11-20(21(18-19)13-16-23)12-14-22(2,24)15-17-25/h10-11,18,25H,3-9,12-17,23-24H2,1-2H3/t22-/m1/s1. The lowest BCUT2D eigenvalue weighted by molar-refractivity contribution is 0.240. The van der Waals surface area contributed by atoms with Crippen molar-refractivity contribution in [3.8, 4) is 0 Å². The van der Waals surface area contributed by atoms with Gasteiger partial charge < -0.3 is 16.6 Å². The maximum Gasteiger partial charge on any atom is 0.0448 e. The minimum absolute atomic E-state index is 0.153. The van der Waals surface area contributed by atoms with E-state index < -0.39 is 0 Å². The number of nitrogens with two attached hydrogens (primary N) is 2. The maximum absolute atomic E-state index is 9.13. The summed E-state index contributed by atoms with van der Waals surface area (Å²) in [6, 6.07) is 6.90. The fourth-order valence-corrected chi connectivity index (χ4v) is 3.38. The zero-order chi connectivity index (χ0) is 18.5. The molecular weight excluding hydrogens is 308 g/mol. The van der Waals surface area contributed by atoms with Gasteiger partial charge in [0.1, 0.15) is 0 Å². The number of rotatable bonds is 14. The molecule has 3 nitrogen and oxygen atoms in total. The normalized spacial score (nSPS) is 13.8. The van der Waals surface area contributed by atoms with Gasteiger partial charge in [0, 0.05) is 12.1 Å². The maximum atomic E-state index is 9.13. The quantitative estimate of drug-likeness (QED) is 0.443. The van der Waals surface area contributed by atoms with E-state index in [9.17, 15) is 0 Å². The molecule has 0 bridgehead atoms. The lowest BCUT2D eigenvalue weighted by atomic mass is 9.88. The molecule has 0 aliphatic rings. The topological polar surface area (TPSA) is 72.3 Å². The molecule has 0 heterocycles. The molecule has 0 fully saturated rings. The monoisotopic (exact) mass is 348 g/mol. The zero-order valence-electron chi connectivity index (χ0n) is 16.5. The zero-order valence-corrected chi connectivity index (χ0v) is 16.5. The predicted octanol–water partition coefficient (Wildman–Crippen LogP) is 4.12. The molecule has 0 radical (unpaired) electrons. The summed E-state index contributed by atoms with van der Waals surface area (Å²) in [7, 11) is 0. The van der Waals surface area contributed by atoms with Crippen LogP contribution in [-0.4, -0.2) is 23.8 Å². The minimum Gasteiger partial charge on any atom is -0.396 e. The van der Waals surface area contributed by atoms with Crippen LogP contribution in [-0.2, 0) is 19.3 Å². The fourth-order valence-electron chi connectivity index (χ4n) is 3.38. The van der Waals surface area contributed by atoms with Crippen LogP contribution >= 0.6 is 0 Å². The highest BCUT2D eigenvalue weighted by molar-refractivity contribution is 5.33. The lowest BCUT2D eigenvalue weighted by Gasteiger charge is -2.24. The lowest BCUT2D eigenvalue weighted by Crippen LogP contribution is -2.37. The number of aliphatic hydroxyl groups excluding tert-OH is 1. The van der Waals surface area contributed by atoms with E-state index >= 15 is 0 Å². The molecule has 1 aromatic carbocycles. The average molecular weight is 349 g/mol. The van der Waals surface area contributed by atoms with Gasteiger partial charge in [-0.05, 0) is 68.7 Å². The smallest absolute Gasteiger partial charge is 0.0448 e. The summed E-state index contributed by atoms with van der Waals surface area (Å²) in [5.74, 6) is 0. The Morgan fingerprint density at radius 2 is 1.64 bits per heavy atom. The molecule has 144 valence electrons. The fraction of sp³-hybridized carbons (Fsp3) is 0.727. The Morgan fingerprint density at radius 3 is 2.32 bits per heavy atom.